The Bertz CT molecular complexity index is 798. The van der Waals surface area contributed by atoms with Gasteiger partial charge in [0.25, 0.3) is 11.6 Å². The van der Waals surface area contributed by atoms with Gasteiger partial charge in [0.15, 0.2) is 0 Å². The lowest BCUT2D eigenvalue weighted by Gasteiger charge is -2.25. The first-order valence-corrected chi connectivity index (χ1v) is 7.81. The largest absolute Gasteiger partial charge is 0.350 e. The third kappa shape index (κ3) is 4.74. The van der Waals surface area contributed by atoms with Crippen molar-refractivity contribution >= 4 is 23.2 Å². The van der Waals surface area contributed by atoms with Gasteiger partial charge in [-0.05, 0) is 43.9 Å². The fourth-order valence-electron chi connectivity index (χ4n) is 2.45. The number of nitrogens with zero attached hydrogens (tertiary/aromatic N) is 2. The number of carbonyl (C=O) groups is 1. The van der Waals surface area contributed by atoms with E-state index in [0.29, 0.717) is 5.56 Å². The highest BCUT2D eigenvalue weighted by Crippen LogP contribution is 2.23. The summed E-state index contributed by atoms with van der Waals surface area (Å²) < 4.78 is 13.4. The average Bonchev–Trinajstić information content (AvgIpc) is 2.54. The molecule has 1 N–H and O–H groups in total. The molecule has 0 fully saturated rings. The maximum absolute atomic E-state index is 13.4. The molecular weight excluding hydrogens is 349 g/mol. The second kappa shape index (κ2) is 8.04. The molecule has 0 radical (unpaired) electrons. The fourth-order valence-corrected chi connectivity index (χ4v) is 2.62. The van der Waals surface area contributed by atoms with Gasteiger partial charge < -0.3 is 10.2 Å². The Hall–Kier alpha value is -2.51. The molecule has 2 rings (SSSR count). The van der Waals surface area contributed by atoms with Crippen molar-refractivity contribution in [3.05, 3.63) is 74.5 Å². The summed E-state index contributed by atoms with van der Waals surface area (Å²) >= 11 is 5.84. The van der Waals surface area contributed by atoms with Crippen LogP contribution in [0.5, 0.6) is 0 Å². The molecule has 2 aromatic carbocycles. The minimum absolute atomic E-state index is 0.116. The van der Waals surface area contributed by atoms with Crippen LogP contribution in [0.3, 0.4) is 0 Å². The van der Waals surface area contributed by atoms with Crippen molar-refractivity contribution in [2.45, 2.75) is 6.04 Å². The van der Waals surface area contributed by atoms with E-state index in [9.17, 15) is 19.3 Å². The Morgan fingerprint density at radius 2 is 2.04 bits per heavy atom. The lowest BCUT2D eigenvalue weighted by atomic mass is 10.1. The zero-order valence-corrected chi connectivity index (χ0v) is 14.5. The molecule has 0 spiro atoms. The smallest absolute Gasteiger partial charge is 0.282 e. The predicted molar refractivity (Wildman–Crippen MR) is 93.3 cm³/mol. The molecule has 1 atom stereocenters. The lowest BCUT2D eigenvalue weighted by Crippen LogP contribution is -2.34. The van der Waals surface area contributed by atoms with Crippen molar-refractivity contribution in [3.8, 4) is 0 Å². The topological polar surface area (TPSA) is 75.5 Å². The van der Waals surface area contributed by atoms with Gasteiger partial charge >= 0.3 is 0 Å². The predicted octanol–water partition coefficient (Wildman–Crippen LogP) is 3.42. The molecule has 0 aromatic heterocycles. The van der Waals surface area contributed by atoms with Crippen LogP contribution in [0.15, 0.2) is 42.5 Å². The molecular formula is C17H17ClFN3O3. The molecule has 0 saturated carbocycles. The first kappa shape index (κ1) is 18.8. The highest BCUT2D eigenvalue weighted by molar-refractivity contribution is 6.31. The summed E-state index contributed by atoms with van der Waals surface area (Å²) in [5.74, 6) is -0.987. The molecule has 0 aliphatic rings. The maximum Gasteiger partial charge on any atom is 0.282 e. The van der Waals surface area contributed by atoms with Gasteiger partial charge in [0.2, 0.25) is 0 Å². The number of nitro groups is 1. The van der Waals surface area contributed by atoms with Crippen molar-refractivity contribution < 1.29 is 14.1 Å². The number of nitrogens with one attached hydrogen (secondary N) is 1. The molecule has 2 aromatic rings. The lowest BCUT2D eigenvalue weighted by molar-refractivity contribution is -0.385. The van der Waals surface area contributed by atoms with Crippen molar-refractivity contribution in [2.24, 2.45) is 0 Å². The van der Waals surface area contributed by atoms with Crippen LogP contribution in [-0.2, 0) is 0 Å². The van der Waals surface area contributed by atoms with E-state index in [-0.39, 0.29) is 34.7 Å². The molecule has 0 saturated heterocycles. The minimum Gasteiger partial charge on any atom is -0.350 e. The number of benzene rings is 2. The van der Waals surface area contributed by atoms with E-state index < -0.39 is 10.8 Å². The van der Waals surface area contributed by atoms with Crippen LogP contribution in [0.2, 0.25) is 5.02 Å². The number of carbonyl (C=O) groups excluding carboxylic acids is 1. The van der Waals surface area contributed by atoms with Gasteiger partial charge in [-0.25, -0.2) is 4.39 Å². The number of rotatable bonds is 6. The summed E-state index contributed by atoms with van der Waals surface area (Å²) in [5.41, 5.74) is 0.245. The van der Waals surface area contributed by atoms with Crippen LogP contribution in [0.1, 0.15) is 22.0 Å². The van der Waals surface area contributed by atoms with Crippen LogP contribution in [0.4, 0.5) is 10.1 Å². The SMILES string of the molecule is CN(C)C(CNC(=O)c1cc(Cl)ccc1[N+](=O)[O-])c1cccc(F)c1. The first-order valence-electron chi connectivity index (χ1n) is 7.43. The van der Waals surface area contributed by atoms with Gasteiger partial charge in [-0.1, -0.05) is 23.7 Å². The monoisotopic (exact) mass is 365 g/mol. The summed E-state index contributed by atoms with van der Waals surface area (Å²) in [6.07, 6.45) is 0. The van der Waals surface area contributed by atoms with Gasteiger partial charge in [0.05, 0.1) is 11.0 Å². The molecule has 0 aliphatic carbocycles. The van der Waals surface area contributed by atoms with Crippen LogP contribution in [0, 0.1) is 15.9 Å². The van der Waals surface area contributed by atoms with E-state index in [1.165, 1.54) is 30.3 Å². The van der Waals surface area contributed by atoms with E-state index in [0.717, 1.165) is 0 Å². The van der Waals surface area contributed by atoms with Crippen molar-refractivity contribution in [1.29, 1.82) is 0 Å². The van der Waals surface area contributed by atoms with E-state index >= 15 is 0 Å². The number of halogens is 2. The number of nitro benzene ring substituents is 1. The summed E-state index contributed by atoms with van der Waals surface area (Å²) in [7, 11) is 3.59. The van der Waals surface area contributed by atoms with Crippen molar-refractivity contribution in [3.63, 3.8) is 0 Å². The van der Waals surface area contributed by atoms with E-state index in [4.69, 9.17) is 11.6 Å². The first-order chi connectivity index (χ1) is 11.8. The number of amides is 1. The molecule has 0 bridgehead atoms. The van der Waals surface area contributed by atoms with Crippen molar-refractivity contribution in [1.82, 2.24) is 10.2 Å². The van der Waals surface area contributed by atoms with Crippen molar-refractivity contribution in [2.75, 3.05) is 20.6 Å². The second-order valence-corrected chi connectivity index (χ2v) is 6.10. The van der Waals surface area contributed by atoms with E-state index in [1.54, 1.807) is 26.2 Å². The zero-order chi connectivity index (χ0) is 18.6. The second-order valence-electron chi connectivity index (χ2n) is 5.66. The van der Waals surface area contributed by atoms with Gasteiger partial charge in [0.1, 0.15) is 11.4 Å². The molecule has 6 nitrogen and oxygen atoms in total. The average molecular weight is 366 g/mol. The molecule has 8 heteroatoms. The van der Waals surface area contributed by atoms with Gasteiger partial charge in [-0.15, -0.1) is 0 Å². The van der Waals surface area contributed by atoms with Crippen LogP contribution in [-0.4, -0.2) is 36.4 Å². The highest BCUT2D eigenvalue weighted by Gasteiger charge is 2.22. The molecule has 1 unspecified atom stereocenters. The normalized spacial score (nSPS) is 12.0. The minimum atomic E-state index is -0.638. The Balaban J connectivity index is 2.20. The quantitative estimate of drug-likeness (QED) is 0.628. The Kier molecular flexibility index (Phi) is 6.06. The molecule has 1 amide bonds. The van der Waals surface area contributed by atoms with Gasteiger partial charge in [-0.3, -0.25) is 14.9 Å². The summed E-state index contributed by atoms with van der Waals surface area (Å²) in [4.78, 5) is 24.6. The summed E-state index contributed by atoms with van der Waals surface area (Å²) in [6.45, 7) is 0.152. The number of hydrogen-bond donors (Lipinski definition) is 1. The Morgan fingerprint density at radius 3 is 2.64 bits per heavy atom. The van der Waals surface area contributed by atoms with Crippen LogP contribution in [0.25, 0.3) is 0 Å². The van der Waals surface area contributed by atoms with Gasteiger partial charge in [0, 0.05) is 17.6 Å². The standard InChI is InChI=1S/C17H17ClFN3O3/c1-21(2)16(11-4-3-5-13(19)8-11)10-20-17(23)14-9-12(18)6-7-15(14)22(24)25/h3-9,16H,10H2,1-2H3,(H,20,23). The van der Waals surface area contributed by atoms with E-state index in [2.05, 4.69) is 5.32 Å². The fraction of sp³-hybridized carbons (Fsp3) is 0.235. The number of hydrogen-bond acceptors (Lipinski definition) is 4. The van der Waals surface area contributed by atoms with Crippen LogP contribution < -0.4 is 5.32 Å². The highest BCUT2D eigenvalue weighted by atomic mass is 35.5. The molecule has 0 heterocycles. The molecule has 0 aliphatic heterocycles. The Morgan fingerprint density at radius 1 is 1.32 bits per heavy atom. The molecule has 25 heavy (non-hydrogen) atoms. The summed E-state index contributed by atoms with van der Waals surface area (Å²) in [6, 6.07) is 9.56. The third-order valence-electron chi connectivity index (χ3n) is 3.71. The Labute approximate surface area is 149 Å². The van der Waals surface area contributed by atoms with Crippen LogP contribution >= 0.6 is 11.6 Å². The maximum atomic E-state index is 13.4. The summed E-state index contributed by atoms with van der Waals surface area (Å²) in [5, 5.41) is 14.0. The third-order valence-corrected chi connectivity index (χ3v) is 3.95. The van der Waals surface area contributed by atoms with Gasteiger partial charge in [-0.2, -0.15) is 0 Å². The number of likely N-dealkylation sites (N-methyl/N-ethyl adjacent to an activating group) is 1. The zero-order valence-electron chi connectivity index (χ0n) is 13.7. The van der Waals surface area contributed by atoms with E-state index in [1.807, 2.05) is 4.90 Å². The molecule has 132 valence electrons.